The molecule has 0 unspecified atom stereocenters. The number of hydrogen-bond donors (Lipinski definition) is 1. The lowest BCUT2D eigenvalue weighted by molar-refractivity contribution is 0.0783. The average molecular weight is 250 g/mol. The predicted molar refractivity (Wildman–Crippen MR) is 76.4 cm³/mol. The van der Waals surface area contributed by atoms with Crippen LogP contribution in [0.15, 0.2) is 12.1 Å². The monoisotopic (exact) mass is 250 g/mol. The van der Waals surface area contributed by atoms with Gasteiger partial charge in [0.25, 0.3) is 0 Å². The lowest BCUT2D eigenvalue weighted by atomic mass is 9.87. The number of aliphatic hydroxyl groups is 1. The van der Waals surface area contributed by atoms with Crippen molar-refractivity contribution in [3.63, 3.8) is 0 Å². The molecule has 2 heteroatoms. The van der Waals surface area contributed by atoms with Gasteiger partial charge in [-0.05, 0) is 54.5 Å². The highest BCUT2D eigenvalue weighted by Crippen LogP contribution is 2.38. The van der Waals surface area contributed by atoms with Gasteiger partial charge < -0.3 is 9.84 Å². The Labute approximate surface area is 111 Å². The Morgan fingerprint density at radius 2 is 1.39 bits per heavy atom. The predicted octanol–water partition coefficient (Wildman–Crippen LogP) is 4.17. The molecule has 1 aromatic rings. The third-order valence-corrected chi connectivity index (χ3v) is 3.30. The third kappa shape index (κ3) is 3.05. The van der Waals surface area contributed by atoms with Crippen molar-refractivity contribution in [2.45, 2.75) is 59.0 Å². The third-order valence-electron chi connectivity index (χ3n) is 3.30. The molecule has 0 atom stereocenters. The molecule has 0 saturated carbocycles. The summed E-state index contributed by atoms with van der Waals surface area (Å²) in [7, 11) is 1.72. The zero-order valence-corrected chi connectivity index (χ0v) is 12.7. The molecular formula is C16H26O2. The molecule has 0 aliphatic carbocycles. The van der Waals surface area contributed by atoms with Crippen LogP contribution in [0.4, 0.5) is 0 Å². The molecule has 0 heterocycles. The van der Waals surface area contributed by atoms with E-state index in [2.05, 4.69) is 39.8 Å². The largest absolute Gasteiger partial charge is 0.496 e. The van der Waals surface area contributed by atoms with Crippen LogP contribution >= 0.6 is 0 Å². The first-order valence-electron chi connectivity index (χ1n) is 6.63. The Kier molecular flexibility index (Phi) is 4.44. The first kappa shape index (κ1) is 15.0. The Morgan fingerprint density at radius 3 is 1.61 bits per heavy atom. The van der Waals surface area contributed by atoms with Crippen molar-refractivity contribution in [2.75, 3.05) is 7.11 Å². The molecule has 0 radical (unpaired) electrons. The highest BCUT2D eigenvalue weighted by atomic mass is 16.5. The fraction of sp³-hybridized carbons (Fsp3) is 0.625. The summed E-state index contributed by atoms with van der Waals surface area (Å²) in [5, 5.41) is 10.2. The van der Waals surface area contributed by atoms with Crippen molar-refractivity contribution < 1.29 is 9.84 Å². The first-order chi connectivity index (χ1) is 8.18. The topological polar surface area (TPSA) is 29.5 Å². The van der Waals surface area contributed by atoms with E-state index in [0.29, 0.717) is 11.8 Å². The Bertz CT molecular complexity index is 383. The van der Waals surface area contributed by atoms with E-state index < -0.39 is 5.60 Å². The van der Waals surface area contributed by atoms with Gasteiger partial charge in [0, 0.05) is 0 Å². The van der Waals surface area contributed by atoms with Crippen LogP contribution in [0.3, 0.4) is 0 Å². The highest BCUT2D eigenvalue weighted by molar-refractivity contribution is 5.49. The van der Waals surface area contributed by atoms with Gasteiger partial charge in [-0.1, -0.05) is 27.7 Å². The van der Waals surface area contributed by atoms with E-state index in [1.807, 2.05) is 13.8 Å². The number of rotatable bonds is 4. The Morgan fingerprint density at radius 1 is 1.00 bits per heavy atom. The van der Waals surface area contributed by atoms with Crippen LogP contribution in [0.5, 0.6) is 5.75 Å². The highest BCUT2D eigenvalue weighted by Gasteiger charge is 2.22. The molecule has 1 aromatic carbocycles. The van der Waals surface area contributed by atoms with E-state index in [4.69, 9.17) is 4.74 Å². The van der Waals surface area contributed by atoms with Crippen LogP contribution in [-0.2, 0) is 5.60 Å². The second-order valence-corrected chi connectivity index (χ2v) is 6.06. The molecule has 0 spiro atoms. The summed E-state index contributed by atoms with van der Waals surface area (Å²) in [6.07, 6.45) is 0. The summed E-state index contributed by atoms with van der Waals surface area (Å²) >= 11 is 0. The maximum absolute atomic E-state index is 10.2. The van der Waals surface area contributed by atoms with Gasteiger partial charge in [0.1, 0.15) is 5.75 Å². The summed E-state index contributed by atoms with van der Waals surface area (Å²) < 4.78 is 5.59. The summed E-state index contributed by atoms with van der Waals surface area (Å²) in [4.78, 5) is 0. The van der Waals surface area contributed by atoms with Crippen molar-refractivity contribution in [1.82, 2.24) is 0 Å². The molecule has 0 bridgehead atoms. The van der Waals surface area contributed by atoms with Gasteiger partial charge in [-0.15, -0.1) is 0 Å². The average Bonchev–Trinajstić information content (AvgIpc) is 2.25. The van der Waals surface area contributed by atoms with Gasteiger partial charge in [-0.2, -0.15) is 0 Å². The normalized spacial score (nSPS) is 12.3. The van der Waals surface area contributed by atoms with Crippen LogP contribution in [0, 0.1) is 0 Å². The molecule has 18 heavy (non-hydrogen) atoms. The van der Waals surface area contributed by atoms with E-state index in [0.717, 1.165) is 11.3 Å². The molecule has 0 aliphatic heterocycles. The molecule has 102 valence electrons. The van der Waals surface area contributed by atoms with Gasteiger partial charge in [0.2, 0.25) is 0 Å². The second-order valence-electron chi connectivity index (χ2n) is 6.06. The lowest BCUT2D eigenvalue weighted by Crippen LogP contribution is -2.17. The number of hydrogen-bond acceptors (Lipinski definition) is 2. The summed E-state index contributed by atoms with van der Waals surface area (Å²) in [6, 6.07) is 4.13. The van der Waals surface area contributed by atoms with E-state index in [9.17, 15) is 5.11 Å². The molecule has 1 rings (SSSR count). The lowest BCUT2D eigenvalue weighted by Gasteiger charge is -2.25. The quantitative estimate of drug-likeness (QED) is 0.869. The van der Waals surface area contributed by atoms with Gasteiger partial charge in [-0.25, -0.2) is 0 Å². The first-order valence-corrected chi connectivity index (χ1v) is 6.63. The number of ether oxygens (including phenoxy) is 1. The molecular weight excluding hydrogens is 224 g/mol. The number of benzene rings is 1. The van der Waals surface area contributed by atoms with Crippen LogP contribution in [0.25, 0.3) is 0 Å². The van der Waals surface area contributed by atoms with Crippen LogP contribution in [0.2, 0.25) is 0 Å². The van der Waals surface area contributed by atoms with E-state index in [-0.39, 0.29) is 0 Å². The van der Waals surface area contributed by atoms with Crippen molar-refractivity contribution >= 4 is 0 Å². The van der Waals surface area contributed by atoms with Gasteiger partial charge in [0.15, 0.2) is 0 Å². The minimum Gasteiger partial charge on any atom is -0.496 e. The SMILES string of the molecule is COc1c(C(C)C)cc(C(C)(C)O)cc1C(C)C. The molecule has 0 saturated heterocycles. The standard InChI is InChI=1S/C16H26O2/c1-10(2)13-8-12(16(5,6)17)9-14(11(3)4)15(13)18-7/h8-11,17H,1-7H3. The molecule has 2 nitrogen and oxygen atoms in total. The summed E-state index contributed by atoms with van der Waals surface area (Å²) in [5.41, 5.74) is 2.47. The minimum absolute atomic E-state index is 0.375. The molecule has 0 fully saturated rings. The van der Waals surface area contributed by atoms with Crippen molar-refractivity contribution in [1.29, 1.82) is 0 Å². The molecule has 1 N–H and O–H groups in total. The zero-order valence-electron chi connectivity index (χ0n) is 12.7. The van der Waals surface area contributed by atoms with Crippen LogP contribution < -0.4 is 4.74 Å². The van der Waals surface area contributed by atoms with Crippen LogP contribution in [-0.4, -0.2) is 12.2 Å². The minimum atomic E-state index is -0.820. The van der Waals surface area contributed by atoms with E-state index in [1.54, 1.807) is 7.11 Å². The fourth-order valence-corrected chi connectivity index (χ4v) is 2.12. The van der Waals surface area contributed by atoms with E-state index in [1.165, 1.54) is 11.1 Å². The Balaban J connectivity index is 3.54. The number of methoxy groups -OCH3 is 1. The second kappa shape index (κ2) is 5.31. The maximum atomic E-state index is 10.2. The van der Waals surface area contributed by atoms with Gasteiger partial charge >= 0.3 is 0 Å². The van der Waals surface area contributed by atoms with Crippen molar-refractivity contribution in [2.24, 2.45) is 0 Å². The molecule has 0 aliphatic rings. The van der Waals surface area contributed by atoms with Crippen molar-refractivity contribution in [3.8, 4) is 5.75 Å². The summed E-state index contributed by atoms with van der Waals surface area (Å²) in [5.74, 6) is 1.72. The van der Waals surface area contributed by atoms with E-state index >= 15 is 0 Å². The zero-order chi connectivity index (χ0) is 14.1. The molecule has 0 amide bonds. The van der Waals surface area contributed by atoms with Crippen molar-refractivity contribution in [3.05, 3.63) is 28.8 Å². The van der Waals surface area contributed by atoms with Crippen LogP contribution in [0.1, 0.15) is 70.1 Å². The molecule has 0 aromatic heterocycles. The maximum Gasteiger partial charge on any atom is 0.125 e. The van der Waals surface area contributed by atoms with Gasteiger partial charge in [-0.3, -0.25) is 0 Å². The summed E-state index contributed by atoms with van der Waals surface area (Å²) in [6.45, 7) is 12.2. The fourth-order valence-electron chi connectivity index (χ4n) is 2.12. The van der Waals surface area contributed by atoms with Gasteiger partial charge in [0.05, 0.1) is 12.7 Å². The smallest absolute Gasteiger partial charge is 0.125 e. The Hall–Kier alpha value is -1.02.